The quantitative estimate of drug-likeness (QED) is 0.472. The zero-order valence-electron chi connectivity index (χ0n) is 15.1. The minimum atomic E-state index is -0.963. The predicted octanol–water partition coefficient (Wildman–Crippen LogP) is 4.30. The summed E-state index contributed by atoms with van der Waals surface area (Å²) in [5, 5.41) is 0. The molecular formula is C20H30O4. The molecule has 0 heterocycles. The third-order valence-electron chi connectivity index (χ3n) is 4.04. The molecule has 4 nitrogen and oxygen atoms in total. The lowest BCUT2D eigenvalue weighted by atomic mass is 9.95. The van der Waals surface area contributed by atoms with Crippen LogP contribution in [-0.2, 0) is 25.6 Å². The van der Waals surface area contributed by atoms with E-state index in [0.717, 1.165) is 19.4 Å². The fraction of sp³-hybridized carbons (Fsp3) is 0.600. The highest BCUT2D eigenvalue weighted by molar-refractivity contribution is 5.13. The molecule has 0 fully saturated rings. The minimum absolute atomic E-state index is 0.0264. The fourth-order valence-electron chi connectivity index (χ4n) is 2.90. The Morgan fingerprint density at radius 3 is 2.29 bits per heavy atom. The molecule has 0 aliphatic heterocycles. The first-order chi connectivity index (χ1) is 11.6. The van der Waals surface area contributed by atoms with Crippen molar-refractivity contribution < 1.29 is 18.9 Å². The molecule has 0 spiro atoms. The van der Waals surface area contributed by atoms with Crippen LogP contribution in [0, 0.1) is 5.92 Å². The van der Waals surface area contributed by atoms with E-state index in [0.29, 0.717) is 25.7 Å². The van der Waals surface area contributed by atoms with Crippen molar-refractivity contribution >= 4 is 0 Å². The van der Waals surface area contributed by atoms with Crippen molar-refractivity contribution in [3.63, 3.8) is 0 Å². The van der Waals surface area contributed by atoms with Crippen molar-refractivity contribution in [2.75, 3.05) is 19.8 Å². The Kier molecular flexibility index (Phi) is 7.92. The minimum Gasteiger partial charge on any atom is -0.376 e. The van der Waals surface area contributed by atoms with Crippen molar-refractivity contribution in [1.82, 2.24) is 0 Å². The van der Waals surface area contributed by atoms with E-state index in [2.05, 4.69) is 24.3 Å². The number of benzene rings is 1. The maximum atomic E-state index is 6.01. The van der Waals surface area contributed by atoms with Gasteiger partial charge in [-0.3, -0.25) is 0 Å². The Morgan fingerprint density at radius 2 is 1.71 bits per heavy atom. The molecule has 0 radical (unpaired) electrons. The van der Waals surface area contributed by atoms with E-state index in [-0.39, 0.29) is 6.10 Å². The fourth-order valence-corrected chi connectivity index (χ4v) is 2.90. The van der Waals surface area contributed by atoms with Crippen molar-refractivity contribution in [2.24, 2.45) is 5.92 Å². The molecule has 0 unspecified atom stereocenters. The Hall–Kier alpha value is -1.20. The molecule has 1 aromatic carbocycles. The van der Waals surface area contributed by atoms with Gasteiger partial charge < -0.3 is 18.9 Å². The van der Waals surface area contributed by atoms with Gasteiger partial charge in [0.25, 0.3) is 5.97 Å². The third-order valence-corrected chi connectivity index (χ3v) is 4.04. The van der Waals surface area contributed by atoms with Gasteiger partial charge in [0.2, 0.25) is 0 Å². The lowest BCUT2D eigenvalue weighted by Crippen LogP contribution is -2.40. The molecule has 0 N–H and O–H groups in total. The van der Waals surface area contributed by atoms with E-state index in [1.807, 2.05) is 39.0 Å². The van der Waals surface area contributed by atoms with E-state index in [1.165, 1.54) is 5.56 Å². The van der Waals surface area contributed by atoms with Crippen molar-refractivity contribution in [1.29, 1.82) is 0 Å². The predicted molar refractivity (Wildman–Crippen MR) is 94.5 cm³/mol. The highest BCUT2D eigenvalue weighted by atomic mass is 16.9. The smallest absolute Gasteiger partial charge is 0.280 e. The molecule has 24 heavy (non-hydrogen) atoms. The lowest BCUT2D eigenvalue weighted by molar-refractivity contribution is -0.377. The van der Waals surface area contributed by atoms with Gasteiger partial charge in [0.15, 0.2) is 0 Å². The Labute approximate surface area is 145 Å². The number of ether oxygens (including phenoxy) is 4. The van der Waals surface area contributed by atoms with Crippen LogP contribution in [0.25, 0.3) is 0 Å². The molecule has 0 bridgehead atoms. The highest BCUT2D eigenvalue weighted by Crippen LogP contribution is 2.25. The second-order valence-electron chi connectivity index (χ2n) is 6.11. The third kappa shape index (κ3) is 6.36. The standard InChI is InChI=1S/C20H30O4/c1-4-22-20(3,23-5-2)24-19-13-11-18(12-14-19)16-21-15-17-9-7-6-8-10-17/h6-11,13,18-19H,4-5,12,14-16H2,1-3H3/t18-,19-/m1/s1. The van der Waals surface area contributed by atoms with Crippen LogP contribution in [0.15, 0.2) is 42.5 Å². The molecular weight excluding hydrogens is 304 g/mol. The monoisotopic (exact) mass is 334 g/mol. The van der Waals surface area contributed by atoms with Crippen LogP contribution in [0.3, 0.4) is 0 Å². The van der Waals surface area contributed by atoms with E-state index in [1.54, 1.807) is 0 Å². The van der Waals surface area contributed by atoms with Crippen LogP contribution < -0.4 is 0 Å². The van der Waals surface area contributed by atoms with Gasteiger partial charge >= 0.3 is 0 Å². The Morgan fingerprint density at radius 1 is 1.00 bits per heavy atom. The first kappa shape index (κ1) is 19.1. The van der Waals surface area contributed by atoms with Gasteiger partial charge in [0.05, 0.1) is 19.3 Å². The first-order valence-corrected chi connectivity index (χ1v) is 8.91. The molecule has 1 aliphatic carbocycles. The summed E-state index contributed by atoms with van der Waals surface area (Å²) < 4.78 is 23.1. The van der Waals surface area contributed by atoms with Crippen LogP contribution in [0.5, 0.6) is 0 Å². The van der Waals surface area contributed by atoms with Crippen molar-refractivity contribution in [3.05, 3.63) is 48.0 Å². The summed E-state index contributed by atoms with van der Waals surface area (Å²) in [6.07, 6.45) is 6.32. The maximum absolute atomic E-state index is 6.01. The number of hydrogen-bond acceptors (Lipinski definition) is 4. The van der Waals surface area contributed by atoms with Gasteiger partial charge in [-0.15, -0.1) is 0 Å². The molecule has 4 heteroatoms. The maximum Gasteiger partial charge on any atom is 0.280 e. The van der Waals surface area contributed by atoms with Crippen LogP contribution in [0.4, 0.5) is 0 Å². The number of hydrogen-bond donors (Lipinski definition) is 0. The summed E-state index contributed by atoms with van der Waals surface area (Å²) in [6, 6.07) is 10.3. The van der Waals surface area contributed by atoms with Gasteiger partial charge in [-0.2, -0.15) is 0 Å². The van der Waals surface area contributed by atoms with E-state index in [4.69, 9.17) is 18.9 Å². The second kappa shape index (κ2) is 9.94. The van der Waals surface area contributed by atoms with Gasteiger partial charge in [0.1, 0.15) is 0 Å². The van der Waals surface area contributed by atoms with Crippen LogP contribution in [0.1, 0.15) is 39.2 Å². The molecule has 2 atom stereocenters. The summed E-state index contributed by atoms with van der Waals surface area (Å²) in [7, 11) is 0. The summed E-state index contributed by atoms with van der Waals surface area (Å²) >= 11 is 0. The SMILES string of the molecule is CCOC(C)(OCC)O[C@@H]1C=C[C@@H](COCc2ccccc2)CC1. The van der Waals surface area contributed by atoms with Crippen molar-refractivity contribution in [3.8, 4) is 0 Å². The summed E-state index contributed by atoms with van der Waals surface area (Å²) in [5.74, 6) is -0.520. The second-order valence-corrected chi connectivity index (χ2v) is 6.11. The summed E-state index contributed by atoms with van der Waals surface area (Å²) in [4.78, 5) is 0. The summed E-state index contributed by atoms with van der Waals surface area (Å²) in [6.45, 7) is 8.24. The zero-order chi connectivity index (χ0) is 17.3. The first-order valence-electron chi connectivity index (χ1n) is 8.91. The van der Waals surface area contributed by atoms with E-state index in [9.17, 15) is 0 Å². The zero-order valence-corrected chi connectivity index (χ0v) is 15.1. The normalized spacial score (nSPS) is 21.1. The molecule has 0 saturated heterocycles. The molecule has 134 valence electrons. The van der Waals surface area contributed by atoms with Crippen LogP contribution in [0.2, 0.25) is 0 Å². The molecule has 0 amide bonds. The van der Waals surface area contributed by atoms with Gasteiger partial charge in [-0.1, -0.05) is 42.5 Å². The largest absolute Gasteiger partial charge is 0.376 e. The Balaban J connectivity index is 1.74. The van der Waals surface area contributed by atoms with E-state index >= 15 is 0 Å². The summed E-state index contributed by atoms with van der Waals surface area (Å²) in [5.41, 5.74) is 1.21. The average Bonchev–Trinajstić information content (AvgIpc) is 2.58. The van der Waals surface area contributed by atoms with Crippen molar-refractivity contribution in [2.45, 2.75) is 52.3 Å². The van der Waals surface area contributed by atoms with E-state index < -0.39 is 5.97 Å². The molecule has 1 aromatic rings. The topological polar surface area (TPSA) is 36.9 Å². The molecule has 2 rings (SSSR count). The molecule has 0 saturated carbocycles. The van der Waals surface area contributed by atoms with Crippen LogP contribution in [-0.4, -0.2) is 31.9 Å². The van der Waals surface area contributed by atoms with Gasteiger partial charge in [-0.05, 0) is 32.3 Å². The average molecular weight is 334 g/mol. The van der Waals surface area contributed by atoms with Crippen LogP contribution >= 0.6 is 0 Å². The number of rotatable bonds is 10. The highest BCUT2D eigenvalue weighted by Gasteiger charge is 2.30. The molecule has 0 aromatic heterocycles. The lowest BCUT2D eigenvalue weighted by Gasteiger charge is -2.33. The Bertz CT molecular complexity index is 480. The molecule has 1 aliphatic rings. The van der Waals surface area contributed by atoms with Gasteiger partial charge in [0, 0.05) is 26.1 Å². The van der Waals surface area contributed by atoms with Gasteiger partial charge in [-0.25, -0.2) is 0 Å².